The fourth-order valence-corrected chi connectivity index (χ4v) is 2.12. The number of benzene rings is 1. The molecule has 0 unspecified atom stereocenters. The molecule has 0 aromatic heterocycles. The van der Waals surface area contributed by atoms with Crippen LogP contribution in [0.5, 0.6) is 0 Å². The first-order valence-electron chi connectivity index (χ1n) is 5.50. The van der Waals surface area contributed by atoms with E-state index in [-0.39, 0.29) is 12.4 Å². The van der Waals surface area contributed by atoms with Crippen LogP contribution in [0.1, 0.15) is 38.2 Å². The van der Waals surface area contributed by atoms with Crippen molar-refractivity contribution in [1.29, 1.82) is 0 Å². The van der Waals surface area contributed by atoms with Gasteiger partial charge in [-0.25, -0.2) is 0 Å². The quantitative estimate of drug-likeness (QED) is 0.732. The second-order valence-corrected chi connectivity index (χ2v) is 4.36. The molecule has 16 heavy (non-hydrogen) atoms. The van der Waals surface area contributed by atoms with Gasteiger partial charge in [-0.2, -0.15) is 0 Å². The van der Waals surface area contributed by atoms with Crippen molar-refractivity contribution >= 4 is 5.78 Å². The molecule has 0 saturated heterocycles. The zero-order chi connectivity index (χ0) is 12.5. The number of ether oxygens (including phenoxy) is 1. The Hall–Kier alpha value is -1.15. The first-order chi connectivity index (χ1) is 7.41. The lowest BCUT2D eigenvalue weighted by molar-refractivity contribution is 0.0846. The molecule has 1 aromatic carbocycles. The van der Waals surface area contributed by atoms with Gasteiger partial charge in [0, 0.05) is 12.7 Å². The van der Waals surface area contributed by atoms with Crippen LogP contribution in [0.25, 0.3) is 0 Å². The van der Waals surface area contributed by atoms with Gasteiger partial charge in [0.05, 0.1) is 0 Å². The second-order valence-electron chi connectivity index (χ2n) is 4.36. The Kier molecular flexibility index (Phi) is 3.87. The molecule has 2 nitrogen and oxygen atoms in total. The Morgan fingerprint density at radius 1 is 0.875 bits per heavy atom. The van der Waals surface area contributed by atoms with Crippen LogP contribution in [-0.4, -0.2) is 19.5 Å². The minimum Gasteiger partial charge on any atom is -0.377 e. The van der Waals surface area contributed by atoms with Gasteiger partial charge in [0.2, 0.25) is 0 Å². The molecule has 0 aliphatic heterocycles. The standard InChI is InChI=1S/C14H20O2/c1-8-9(2)11(4)14(12(5)10(8)3)13(15)7-16-6/h7H2,1-6H3. The maximum Gasteiger partial charge on any atom is 0.188 e. The SMILES string of the molecule is COCC(=O)c1c(C)c(C)c(C)c(C)c1C. The summed E-state index contributed by atoms with van der Waals surface area (Å²) in [4.78, 5) is 12.0. The molecular weight excluding hydrogens is 200 g/mol. The van der Waals surface area contributed by atoms with E-state index in [2.05, 4.69) is 20.8 Å². The summed E-state index contributed by atoms with van der Waals surface area (Å²) in [7, 11) is 1.55. The third-order valence-corrected chi connectivity index (χ3v) is 3.55. The molecule has 0 atom stereocenters. The number of carbonyl (C=O) groups is 1. The molecule has 0 aliphatic rings. The summed E-state index contributed by atoms with van der Waals surface area (Å²) in [5, 5.41) is 0. The summed E-state index contributed by atoms with van der Waals surface area (Å²) in [5.41, 5.74) is 6.71. The summed E-state index contributed by atoms with van der Waals surface area (Å²) in [6, 6.07) is 0. The summed E-state index contributed by atoms with van der Waals surface area (Å²) in [5.74, 6) is 0.0729. The molecule has 1 rings (SSSR count). The fraction of sp³-hybridized carbons (Fsp3) is 0.500. The zero-order valence-electron chi connectivity index (χ0n) is 11.0. The van der Waals surface area contributed by atoms with E-state index in [9.17, 15) is 4.79 Å². The van der Waals surface area contributed by atoms with Crippen molar-refractivity contribution in [2.24, 2.45) is 0 Å². The van der Waals surface area contributed by atoms with Crippen molar-refractivity contribution in [3.63, 3.8) is 0 Å². The van der Waals surface area contributed by atoms with E-state index in [1.807, 2.05) is 13.8 Å². The summed E-state index contributed by atoms with van der Waals surface area (Å²) < 4.78 is 4.93. The van der Waals surface area contributed by atoms with Gasteiger partial charge in [-0.15, -0.1) is 0 Å². The lowest BCUT2D eigenvalue weighted by atomic mass is 9.88. The average molecular weight is 220 g/mol. The molecule has 0 saturated carbocycles. The van der Waals surface area contributed by atoms with Crippen molar-refractivity contribution in [1.82, 2.24) is 0 Å². The Morgan fingerprint density at radius 3 is 1.62 bits per heavy atom. The van der Waals surface area contributed by atoms with Crippen molar-refractivity contribution < 1.29 is 9.53 Å². The maximum atomic E-state index is 12.0. The van der Waals surface area contributed by atoms with E-state index in [1.165, 1.54) is 16.7 Å². The first-order valence-corrected chi connectivity index (χ1v) is 5.50. The van der Waals surface area contributed by atoms with Gasteiger partial charge in [0.15, 0.2) is 5.78 Å². The highest BCUT2D eigenvalue weighted by atomic mass is 16.5. The molecule has 0 fully saturated rings. The van der Waals surface area contributed by atoms with E-state index in [0.29, 0.717) is 0 Å². The lowest BCUT2D eigenvalue weighted by Gasteiger charge is -2.17. The van der Waals surface area contributed by atoms with Gasteiger partial charge < -0.3 is 4.74 Å². The van der Waals surface area contributed by atoms with Gasteiger partial charge in [0.25, 0.3) is 0 Å². The van der Waals surface area contributed by atoms with Gasteiger partial charge in [0.1, 0.15) is 6.61 Å². The second kappa shape index (κ2) is 4.79. The number of Topliss-reactive ketones (excluding diaryl/α,β-unsaturated/α-hetero) is 1. The van der Waals surface area contributed by atoms with Crippen LogP contribution in [0.2, 0.25) is 0 Å². The molecule has 0 spiro atoms. The van der Waals surface area contributed by atoms with Crippen LogP contribution in [0, 0.1) is 34.6 Å². The fourth-order valence-electron chi connectivity index (χ4n) is 2.12. The molecule has 0 radical (unpaired) electrons. The number of ketones is 1. The molecule has 0 aliphatic carbocycles. The minimum atomic E-state index is 0.0729. The van der Waals surface area contributed by atoms with Crippen molar-refractivity contribution in [2.45, 2.75) is 34.6 Å². The first kappa shape index (κ1) is 12.9. The number of carbonyl (C=O) groups excluding carboxylic acids is 1. The maximum absolute atomic E-state index is 12.0. The molecule has 0 bridgehead atoms. The third kappa shape index (κ3) is 2.03. The molecule has 0 amide bonds. The van der Waals surface area contributed by atoms with Crippen molar-refractivity contribution in [3.05, 3.63) is 33.4 Å². The van der Waals surface area contributed by atoms with E-state index < -0.39 is 0 Å². The monoisotopic (exact) mass is 220 g/mol. The molecule has 0 heterocycles. The number of rotatable bonds is 3. The average Bonchev–Trinajstić information content (AvgIpc) is 2.24. The van der Waals surface area contributed by atoms with Gasteiger partial charge in [-0.05, 0) is 62.4 Å². The number of methoxy groups -OCH3 is 1. The molecule has 2 heteroatoms. The molecule has 88 valence electrons. The van der Waals surface area contributed by atoms with Crippen LogP contribution >= 0.6 is 0 Å². The Balaban J connectivity index is 3.45. The van der Waals surface area contributed by atoms with Crippen molar-refractivity contribution in [2.75, 3.05) is 13.7 Å². The van der Waals surface area contributed by atoms with Crippen LogP contribution in [-0.2, 0) is 4.74 Å². The topological polar surface area (TPSA) is 26.3 Å². The third-order valence-electron chi connectivity index (χ3n) is 3.55. The summed E-state index contributed by atoms with van der Waals surface area (Å²) in [6.45, 7) is 10.4. The Bertz CT molecular complexity index is 402. The van der Waals surface area contributed by atoms with E-state index in [0.717, 1.165) is 16.7 Å². The van der Waals surface area contributed by atoms with Crippen LogP contribution in [0.15, 0.2) is 0 Å². The molecule has 0 N–H and O–H groups in total. The van der Waals surface area contributed by atoms with E-state index in [1.54, 1.807) is 7.11 Å². The highest BCUT2D eigenvalue weighted by Crippen LogP contribution is 2.26. The normalized spacial score (nSPS) is 10.6. The smallest absolute Gasteiger partial charge is 0.188 e. The minimum absolute atomic E-state index is 0.0729. The molecule has 1 aromatic rings. The largest absolute Gasteiger partial charge is 0.377 e. The highest BCUT2D eigenvalue weighted by molar-refractivity contribution is 6.00. The van der Waals surface area contributed by atoms with Crippen LogP contribution in [0.4, 0.5) is 0 Å². The Morgan fingerprint density at radius 2 is 1.25 bits per heavy atom. The van der Waals surface area contributed by atoms with Gasteiger partial charge >= 0.3 is 0 Å². The van der Waals surface area contributed by atoms with E-state index >= 15 is 0 Å². The van der Waals surface area contributed by atoms with Crippen LogP contribution < -0.4 is 0 Å². The molecular formula is C14H20O2. The predicted octanol–water partition coefficient (Wildman–Crippen LogP) is 3.06. The summed E-state index contributed by atoms with van der Waals surface area (Å²) in [6.07, 6.45) is 0. The highest BCUT2D eigenvalue weighted by Gasteiger charge is 2.17. The van der Waals surface area contributed by atoms with Gasteiger partial charge in [-0.3, -0.25) is 4.79 Å². The summed E-state index contributed by atoms with van der Waals surface area (Å²) >= 11 is 0. The number of hydrogen-bond donors (Lipinski definition) is 0. The zero-order valence-corrected chi connectivity index (χ0v) is 11.0. The number of hydrogen-bond acceptors (Lipinski definition) is 2. The Labute approximate surface area is 97.6 Å². The van der Waals surface area contributed by atoms with Crippen molar-refractivity contribution in [3.8, 4) is 0 Å². The van der Waals surface area contributed by atoms with Gasteiger partial charge in [-0.1, -0.05) is 0 Å². The lowest BCUT2D eigenvalue weighted by Crippen LogP contribution is -2.13. The van der Waals surface area contributed by atoms with E-state index in [4.69, 9.17) is 4.74 Å². The van der Waals surface area contributed by atoms with Crippen LogP contribution in [0.3, 0.4) is 0 Å². The predicted molar refractivity (Wildman–Crippen MR) is 66.3 cm³/mol.